The fourth-order valence-corrected chi connectivity index (χ4v) is 2.13. The number of thiocarbonyl (C=S) groups is 1. The Morgan fingerprint density at radius 2 is 1.81 bits per heavy atom. The average Bonchev–Trinajstić information content (AvgIpc) is 2.44. The zero-order chi connectivity index (χ0) is 15.4. The lowest BCUT2D eigenvalue weighted by Crippen LogP contribution is -2.20. The Morgan fingerprint density at radius 3 is 2.52 bits per heavy atom. The van der Waals surface area contributed by atoms with Gasteiger partial charge >= 0.3 is 5.97 Å². The van der Waals surface area contributed by atoms with Gasteiger partial charge in [-0.05, 0) is 61.5 Å². The van der Waals surface area contributed by atoms with Gasteiger partial charge in [-0.3, -0.25) is 0 Å². The van der Waals surface area contributed by atoms with Crippen molar-refractivity contribution in [1.82, 2.24) is 0 Å². The minimum absolute atomic E-state index is 0.217. The molecule has 0 atom stereocenters. The van der Waals surface area contributed by atoms with Crippen molar-refractivity contribution >= 4 is 34.7 Å². The smallest absolute Gasteiger partial charge is 0.335 e. The zero-order valence-electron chi connectivity index (χ0n) is 11.8. The van der Waals surface area contributed by atoms with Crippen LogP contribution in [0.5, 0.6) is 0 Å². The molecule has 0 aliphatic carbocycles. The van der Waals surface area contributed by atoms with Gasteiger partial charge in [0.2, 0.25) is 0 Å². The number of hydrogen-bond donors (Lipinski definition) is 3. The summed E-state index contributed by atoms with van der Waals surface area (Å²) in [5, 5.41) is 15.5. The zero-order valence-corrected chi connectivity index (χ0v) is 12.6. The average molecular weight is 300 g/mol. The lowest BCUT2D eigenvalue weighted by molar-refractivity contribution is 0.0697. The summed E-state index contributed by atoms with van der Waals surface area (Å²) < 4.78 is 0. The maximum atomic E-state index is 10.9. The lowest BCUT2D eigenvalue weighted by atomic mass is 10.1. The van der Waals surface area contributed by atoms with Gasteiger partial charge < -0.3 is 15.7 Å². The second-order valence-corrected chi connectivity index (χ2v) is 5.12. The molecule has 2 aromatic rings. The number of carboxylic acids is 1. The van der Waals surface area contributed by atoms with Crippen LogP contribution >= 0.6 is 12.2 Å². The molecule has 3 N–H and O–H groups in total. The topological polar surface area (TPSA) is 61.4 Å². The first kappa shape index (κ1) is 15.0. The molecule has 0 bridgehead atoms. The molecule has 0 unspecified atom stereocenters. The van der Waals surface area contributed by atoms with Crippen LogP contribution in [0, 0.1) is 13.8 Å². The van der Waals surface area contributed by atoms with E-state index in [1.165, 1.54) is 11.6 Å². The quantitative estimate of drug-likeness (QED) is 0.752. The SMILES string of the molecule is Cc1cccc(NC(=S)Nc2cccc(C(=O)O)c2)c1C. The Hall–Kier alpha value is -2.40. The third-order valence-electron chi connectivity index (χ3n) is 3.22. The largest absolute Gasteiger partial charge is 0.478 e. The standard InChI is InChI=1S/C16H16N2O2S/c1-10-5-3-8-14(11(10)2)18-16(21)17-13-7-4-6-12(9-13)15(19)20/h3-9H,1-2H3,(H,19,20)(H2,17,18,21). The van der Waals surface area contributed by atoms with Crippen LogP contribution in [-0.2, 0) is 0 Å². The van der Waals surface area contributed by atoms with Crippen LogP contribution in [0.4, 0.5) is 11.4 Å². The molecule has 2 aromatic carbocycles. The number of aromatic carboxylic acids is 1. The molecule has 0 amide bonds. The van der Waals surface area contributed by atoms with Crippen molar-refractivity contribution in [2.75, 3.05) is 10.6 Å². The van der Waals surface area contributed by atoms with E-state index >= 15 is 0 Å². The van der Waals surface area contributed by atoms with Gasteiger partial charge in [0, 0.05) is 11.4 Å². The van der Waals surface area contributed by atoms with E-state index in [1.807, 2.05) is 32.0 Å². The van der Waals surface area contributed by atoms with Gasteiger partial charge in [0.15, 0.2) is 5.11 Å². The summed E-state index contributed by atoms with van der Waals surface area (Å²) in [7, 11) is 0. The molecule has 0 fully saturated rings. The van der Waals surface area contributed by atoms with Gasteiger partial charge in [-0.1, -0.05) is 18.2 Å². The highest BCUT2D eigenvalue weighted by molar-refractivity contribution is 7.80. The first-order valence-corrected chi connectivity index (χ1v) is 6.86. The molecular formula is C16H16N2O2S. The number of carboxylic acid groups (broad SMARTS) is 1. The summed E-state index contributed by atoms with van der Waals surface area (Å²) in [6.07, 6.45) is 0. The van der Waals surface area contributed by atoms with E-state index in [2.05, 4.69) is 10.6 Å². The second-order valence-electron chi connectivity index (χ2n) is 4.71. The highest BCUT2D eigenvalue weighted by Crippen LogP contribution is 2.18. The molecular weight excluding hydrogens is 284 g/mol. The lowest BCUT2D eigenvalue weighted by Gasteiger charge is -2.14. The van der Waals surface area contributed by atoms with Crippen LogP contribution in [0.1, 0.15) is 21.5 Å². The molecule has 0 aromatic heterocycles. The summed E-state index contributed by atoms with van der Waals surface area (Å²) in [4.78, 5) is 10.9. The number of benzene rings is 2. The molecule has 0 aliphatic heterocycles. The van der Waals surface area contributed by atoms with Crippen LogP contribution in [0.25, 0.3) is 0 Å². The predicted octanol–water partition coefficient (Wildman–Crippen LogP) is 3.81. The van der Waals surface area contributed by atoms with E-state index in [-0.39, 0.29) is 5.56 Å². The number of carbonyl (C=O) groups is 1. The number of rotatable bonds is 3. The summed E-state index contributed by atoms with van der Waals surface area (Å²) >= 11 is 5.26. The Morgan fingerprint density at radius 1 is 1.10 bits per heavy atom. The first-order chi connectivity index (χ1) is 9.97. The van der Waals surface area contributed by atoms with E-state index < -0.39 is 5.97 Å². The van der Waals surface area contributed by atoms with E-state index in [0.29, 0.717) is 10.8 Å². The van der Waals surface area contributed by atoms with Crippen molar-refractivity contribution in [3.05, 3.63) is 59.2 Å². The molecule has 0 saturated carbocycles. The van der Waals surface area contributed by atoms with Gasteiger partial charge in [0.1, 0.15) is 0 Å². The fourth-order valence-electron chi connectivity index (χ4n) is 1.90. The molecule has 0 radical (unpaired) electrons. The monoisotopic (exact) mass is 300 g/mol. The fraction of sp³-hybridized carbons (Fsp3) is 0.125. The van der Waals surface area contributed by atoms with Crippen molar-refractivity contribution in [1.29, 1.82) is 0 Å². The molecule has 5 heteroatoms. The Kier molecular flexibility index (Phi) is 4.55. The molecule has 21 heavy (non-hydrogen) atoms. The van der Waals surface area contributed by atoms with Crippen LogP contribution < -0.4 is 10.6 Å². The molecule has 0 aliphatic rings. The van der Waals surface area contributed by atoms with E-state index in [1.54, 1.807) is 18.2 Å². The maximum absolute atomic E-state index is 10.9. The summed E-state index contributed by atoms with van der Waals surface area (Å²) in [5.74, 6) is -0.966. The first-order valence-electron chi connectivity index (χ1n) is 6.45. The van der Waals surface area contributed by atoms with E-state index in [0.717, 1.165) is 11.3 Å². The Labute approximate surface area is 128 Å². The summed E-state index contributed by atoms with van der Waals surface area (Å²) in [5.41, 5.74) is 4.09. The van der Waals surface area contributed by atoms with Gasteiger partial charge in [0.05, 0.1) is 5.56 Å². The number of aryl methyl sites for hydroxylation is 1. The molecule has 0 heterocycles. The highest BCUT2D eigenvalue weighted by atomic mass is 32.1. The molecule has 4 nitrogen and oxygen atoms in total. The maximum Gasteiger partial charge on any atom is 0.335 e. The molecule has 0 spiro atoms. The molecule has 0 saturated heterocycles. The minimum atomic E-state index is -0.966. The number of nitrogens with one attached hydrogen (secondary N) is 2. The van der Waals surface area contributed by atoms with Crippen molar-refractivity contribution in [2.45, 2.75) is 13.8 Å². The predicted molar refractivity (Wildman–Crippen MR) is 89.2 cm³/mol. The highest BCUT2D eigenvalue weighted by Gasteiger charge is 2.06. The normalized spacial score (nSPS) is 10.0. The van der Waals surface area contributed by atoms with Crippen LogP contribution in [-0.4, -0.2) is 16.2 Å². The Balaban J connectivity index is 2.10. The van der Waals surface area contributed by atoms with Crippen LogP contribution in [0.2, 0.25) is 0 Å². The summed E-state index contributed by atoms with van der Waals surface area (Å²) in [6, 6.07) is 12.5. The van der Waals surface area contributed by atoms with Gasteiger partial charge in [-0.15, -0.1) is 0 Å². The molecule has 2 rings (SSSR count). The van der Waals surface area contributed by atoms with Gasteiger partial charge in [-0.2, -0.15) is 0 Å². The third kappa shape index (κ3) is 3.79. The molecule has 108 valence electrons. The van der Waals surface area contributed by atoms with Crippen molar-refractivity contribution in [3.63, 3.8) is 0 Å². The minimum Gasteiger partial charge on any atom is -0.478 e. The Bertz CT molecular complexity index is 698. The van der Waals surface area contributed by atoms with E-state index in [9.17, 15) is 4.79 Å². The second kappa shape index (κ2) is 6.37. The van der Waals surface area contributed by atoms with Crippen molar-refractivity contribution in [3.8, 4) is 0 Å². The van der Waals surface area contributed by atoms with Gasteiger partial charge in [-0.25, -0.2) is 4.79 Å². The van der Waals surface area contributed by atoms with Crippen LogP contribution in [0.3, 0.4) is 0 Å². The van der Waals surface area contributed by atoms with Crippen molar-refractivity contribution < 1.29 is 9.90 Å². The van der Waals surface area contributed by atoms with Crippen LogP contribution in [0.15, 0.2) is 42.5 Å². The number of hydrogen-bond acceptors (Lipinski definition) is 2. The van der Waals surface area contributed by atoms with Crippen molar-refractivity contribution in [2.24, 2.45) is 0 Å². The number of anilines is 2. The van der Waals surface area contributed by atoms with Gasteiger partial charge in [0.25, 0.3) is 0 Å². The van der Waals surface area contributed by atoms with E-state index in [4.69, 9.17) is 17.3 Å². The summed E-state index contributed by atoms with van der Waals surface area (Å²) in [6.45, 7) is 4.05. The third-order valence-corrected chi connectivity index (χ3v) is 3.42.